The molecule has 0 radical (unpaired) electrons. The van der Waals surface area contributed by atoms with Crippen LogP contribution in [0.15, 0.2) is 24.4 Å². The molecule has 0 spiro atoms. The molecule has 0 bridgehead atoms. The van der Waals surface area contributed by atoms with Crippen LogP contribution in [0.3, 0.4) is 0 Å². The molecule has 1 N–H and O–H groups in total. The van der Waals surface area contributed by atoms with Crippen LogP contribution in [0, 0.1) is 6.92 Å². The largest absolute Gasteiger partial charge is 0.462 e. The van der Waals surface area contributed by atoms with E-state index in [-0.39, 0.29) is 30.0 Å². The number of nitrogens with zero attached hydrogens (tertiary/aromatic N) is 3. The van der Waals surface area contributed by atoms with Gasteiger partial charge >= 0.3 is 5.97 Å². The molecule has 29 heavy (non-hydrogen) atoms. The average Bonchev–Trinajstić information content (AvgIpc) is 3.16. The minimum Gasteiger partial charge on any atom is -0.462 e. The molecule has 1 aromatic carbocycles. The van der Waals surface area contributed by atoms with Gasteiger partial charge in [-0.3, -0.25) is 24.0 Å². The number of amides is 2. The first-order valence-corrected chi connectivity index (χ1v) is 9.28. The second-order valence-corrected chi connectivity index (χ2v) is 6.69. The van der Waals surface area contributed by atoms with Gasteiger partial charge in [0.25, 0.3) is 11.7 Å². The molecule has 0 saturated heterocycles. The fourth-order valence-electron chi connectivity index (χ4n) is 3.31. The molecular weight excluding hydrogens is 376 g/mol. The summed E-state index contributed by atoms with van der Waals surface area (Å²) >= 11 is 0. The second-order valence-electron chi connectivity index (χ2n) is 6.69. The third kappa shape index (κ3) is 3.51. The number of hydrogen-bond donors (Lipinski definition) is 1. The molecule has 152 valence electrons. The van der Waals surface area contributed by atoms with Gasteiger partial charge in [-0.2, -0.15) is 5.10 Å². The van der Waals surface area contributed by atoms with Crippen LogP contribution in [0.1, 0.15) is 46.5 Å². The fraction of sp³-hybridized carbons (Fsp3) is 0.350. The van der Waals surface area contributed by atoms with Gasteiger partial charge in [-0.1, -0.05) is 18.6 Å². The number of anilines is 2. The number of rotatable bonds is 6. The van der Waals surface area contributed by atoms with Gasteiger partial charge in [0.05, 0.1) is 24.1 Å². The maximum atomic E-state index is 13.0. The lowest BCUT2D eigenvalue weighted by Crippen LogP contribution is -2.47. The minimum atomic E-state index is -0.930. The summed E-state index contributed by atoms with van der Waals surface area (Å²) in [6, 6.07) is 4.15. The van der Waals surface area contributed by atoms with E-state index >= 15 is 0 Å². The van der Waals surface area contributed by atoms with Gasteiger partial charge < -0.3 is 10.1 Å². The van der Waals surface area contributed by atoms with Crippen LogP contribution in [-0.4, -0.2) is 46.0 Å². The highest BCUT2D eigenvalue weighted by molar-refractivity contribution is 6.53. The molecule has 3 rings (SSSR count). The number of nitrogens with one attached hydrogen (secondary N) is 1. The molecule has 1 aliphatic heterocycles. The van der Waals surface area contributed by atoms with Crippen molar-refractivity contribution in [3.8, 4) is 0 Å². The van der Waals surface area contributed by atoms with Crippen molar-refractivity contribution in [2.75, 3.05) is 16.8 Å². The van der Waals surface area contributed by atoms with Crippen LogP contribution in [0.4, 0.5) is 11.5 Å². The summed E-state index contributed by atoms with van der Waals surface area (Å²) in [4.78, 5) is 51.4. The molecule has 0 fully saturated rings. The highest BCUT2D eigenvalue weighted by Gasteiger charge is 2.42. The average molecular weight is 398 g/mol. The minimum absolute atomic E-state index is 0.109. The summed E-state index contributed by atoms with van der Waals surface area (Å²) in [7, 11) is 1.57. The van der Waals surface area contributed by atoms with Crippen LogP contribution < -0.4 is 10.2 Å². The second kappa shape index (κ2) is 7.86. The number of ketones is 1. The van der Waals surface area contributed by atoms with E-state index < -0.39 is 29.6 Å². The zero-order chi connectivity index (χ0) is 21.3. The summed E-state index contributed by atoms with van der Waals surface area (Å²) in [6.07, 6.45) is 1.57. The summed E-state index contributed by atoms with van der Waals surface area (Å²) in [6.45, 7) is 5.42. The Kier molecular flexibility index (Phi) is 5.49. The molecule has 1 aliphatic rings. The van der Waals surface area contributed by atoms with Crippen molar-refractivity contribution in [2.45, 2.75) is 33.2 Å². The molecule has 2 heterocycles. The highest BCUT2D eigenvalue weighted by Crippen LogP contribution is 2.32. The summed E-state index contributed by atoms with van der Waals surface area (Å²) in [5.74, 6) is -2.37. The SMILES string of the molecule is CCOC(=O)c1cnn(C)c1NC(=O)C(CC)N1C(=O)C(=O)c2cc(C)ccc21. The smallest absolute Gasteiger partial charge is 0.343 e. The predicted octanol–water partition coefficient (Wildman–Crippen LogP) is 1.85. The fourth-order valence-corrected chi connectivity index (χ4v) is 3.31. The molecule has 2 aromatic rings. The van der Waals surface area contributed by atoms with Gasteiger partial charge in [-0.15, -0.1) is 0 Å². The molecule has 9 nitrogen and oxygen atoms in total. The number of fused-ring (bicyclic) bond motifs is 1. The number of benzene rings is 1. The normalized spacial score (nSPS) is 14.0. The number of hydrogen-bond acceptors (Lipinski definition) is 6. The Hall–Kier alpha value is -3.49. The lowest BCUT2D eigenvalue weighted by molar-refractivity contribution is -0.121. The predicted molar refractivity (Wildman–Crippen MR) is 105 cm³/mol. The van der Waals surface area contributed by atoms with Crippen molar-refractivity contribution in [3.05, 3.63) is 41.1 Å². The molecule has 0 saturated carbocycles. The van der Waals surface area contributed by atoms with Crippen molar-refractivity contribution in [1.82, 2.24) is 9.78 Å². The zero-order valence-corrected chi connectivity index (χ0v) is 16.7. The maximum Gasteiger partial charge on any atom is 0.343 e. The van der Waals surface area contributed by atoms with Gasteiger partial charge in [0.15, 0.2) is 0 Å². The monoisotopic (exact) mass is 398 g/mol. The summed E-state index contributed by atoms with van der Waals surface area (Å²) in [5.41, 5.74) is 1.65. The number of esters is 1. The van der Waals surface area contributed by atoms with Gasteiger partial charge in [0, 0.05) is 7.05 Å². The van der Waals surface area contributed by atoms with E-state index in [1.165, 1.54) is 15.8 Å². The molecule has 2 amide bonds. The third-order valence-electron chi connectivity index (χ3n) is 4.75. The molecule has 1 aromatic heterocycles. The summed E-state index contributed by atoms with van der Waals surface area (Å²) < 4.78 is 6.32. The van der Waals surface area contributed by atoms with E-state index in [0.717, 1.165) is 5.56 Å². The molecule has 1 unspecified atom stereocenters. The van der Waals surface area contributed by atoms with E-state index in [1.807, 2.05) is 6.92 Å². The van der Waals surface area contributed by atoms with E-state index in [9.17, 15) is 19.2 Å². The van der Waals surface area contributed by atoms with Crippen molar-refractivity contribution < 1.29 is 23.9 Å². The first-order chi connectivity index (χ1) is 13.8. The van der Waals surface area contributed by atoms with Crippen molar-refractivity contribution in [3.63, 3.8) is 0 Å². The van der Waals surface area contributed by atoms with Gasteiger partial charge in [-0.25, -0.2) is 4.79 Å². The lowest BCUT2D eigenvalue weighted by atomic mass is 10.1. The van der Waals surface area contributed by atoms with Crippen LogP contribution >= 0.6 is 0 Å². The molecular formula is C20H22N4O5. The van der Waals surface area contributed by atoms with E-state index in [0.29, 0.717) is 5.69 Å². The van der Waals surface area contributed by atoms with Crippen LogP contribution in [0.5, 0.6) is 0 Å². The van der Waals surface area contributed by atoms with Crippen molar-refractivity contribution in [1.29, 1.82) is 0 Å². The number of carbonyl (C=O) groups excluding carboxylic acids is 4. The quantitative estimate of drug-likeness (QED) is 0.587. The molecule has 0 aliphatic carbocycles. The topological polar surface area (TPSA) is 111 Å². The number of Topliss-reactive ketones (excluding diaryl/α,β-unsaturated/α-hetero) is 1. The molecule has 9 heteroatoms. The van der Waals surface area contributed by atoms with E-state index in [1.54, 1.807) is 39.1 Å². The summed E-state index contributed by atoms with van der Waals surface area (Å²) in [5, 5.41) is 6.65. The Balaban J connectivity index is 1.92. The van der Waals surface area contributed by atoms with Gasteiger partial charge in [-0.05, 0) is 32.4 Å². The van der Waals surface area contributed by atoms with E-state index in [2.05, 4.69) is 10.4 Å². The van der Waals surface area contributed by atoms with Crippen LogP contribution in [0.2, 0.25) is 0 Å². The number of carbonyl (C=O) groups is 4. The Morgan fingerprint density at radius 1 is 1.24 bits per heavy atom. The highest BCUT2D eigenvalue weighted by atomic mass is 16.5. The number of aromatic nitrogens is 2. The third-order valence-corrected chi connectivity index (χ3v) is 4.75. The lowest BCUT2D eigenvalue weighted by Gasteiger charge is -2.26. The number of aryl methyl sites for hydroxylation is 2. The Labute approximate surface area is 167 Å². The first kappa shape index (κ1) is 20.2. The van der Waals surface area contributed by atoms with Crippen LogP contribution in [0.25, 0.3) is 0 Å². The number of ether oxygens (including phenoxy) is 1. The van der Waals surface area contributed by atoms with E-state index in [4.69, 9.17) is 4.74 Å². The Morgan fingerprint density at radius 2 is 1.97 bits per heavy atom. The van der Waals surface area contributed by atoms with Crippen LogP contribution in [-0.2, 0) is 21.4 Å². The van der Waals surface area contributed by atoms with Gasteiger partial charge in [0.1, 0.15) is 17.4 Å². The van der Waals surface area contributed by atoms with Crippen molar-refractivity contribution in [2.24, 2.45) is 7.05 Å². The standard InChI is InChI=1S/C20H22N4O5/c1-5-14(24-15-8-7-11(3)9-12(15)16(25)19(24)27)18(26)22-17-13(10-21-23(17)4)20(28)29-6-2/h7-10,14H,5-6H2,1-4H3,(H,22,26). The Bertz CT molecular complexity index is 1010. The Morgan fingerprint density at radius 3 is 2.62 bits per heavy atom. The first-order valence-electron chi connectivity index (χ1n) is 9.28. The zero-order valence-electron chi connectivity index (χ0n) is 16.7. The van der Waals surface area contributed by atoms with Crippen molar-refractivity contribution >= 4 is 35.1 Å². The molecule has 1 atom stereocenters. The van der Waals surface area contributed by atoms with Gasteiger partial charge in [0.2, 0.25) is 5.91 Å². The maximum absolute atomic E-state index is 13.0.